The minimum atomic E-state index is -0.482. The summed E-state index contributed by atoms with van der Waals surface area (Å²) in [5.41, 5.74) is 2.20. The Morgan fingerprint density at radius 2 is 1.81 bits per heavy atom. The summed E-state index contributed by atoms with van der Waals surface area (Å²) in [5.74, 6) is 0.757. The number of nitro groups is 1. The number of hydrogen-bond donors (Lipinski definition) is 1. The van der Waals surface area contributed by atoms with Gasteiger partial charge in [-0.25, -0.2) is 15.0 Å². The fourth-order valence-electron chi connectivity index (χ4n) is 3.27. The predicted octanol–water partition coefficient (Wildman–Crippen LogP) is 5.82. The maximum Gasteiger partial charge on any atom is 0.354 e. The number of nitrogens with one attached hydrogen (secondary N) is 1. The molecular formula is C23H19ClN6O2. The van der Waals surface area contributed by atoms with E-state index < -0.39 is 4.92 Å². The Hall–Kier alpha value is -4.04. The Bertz CT molecular complexity index is 1240. The molecule has 0 aliphatic heterocycles. The first-order valence-electron chi connectivity index (χ1n) is 9.78. The molecule has 2 heterocycles. The molecule has 0 unspecified atom stereocenters. The lowest BCUT2D eigenvalue weighted by Gasteiger charge is -2.23. The molecule has 2 aromatic heterocycles. The van der Waals surface area contributed by atoms with Gasteiger partial charge in [0.05, 0.1) is 11.5 Å². The third-order valence-electron chi connectivity index (χ3n) is 4.79. The van der Waals surface area contributed by atoms with E-state index in [1.54, 1.807) is 41.4 Å². The van der Waals surface area contributed by atoms with Crippen molar-refractivity contribution in [3.05, 3.63) is 106 Å². The second-order valence-corrected chi connectivity index (χ2v) is 7.43. The molecular weight excluding hydrogens is 428 g/mol. The number of aryl methyl sites for hydroxylation is 1. The molecule has 2 aromatic carbocycles. The molecule has 0 amide bonds. The van der Waals surface area contributed by atoms with Crippen LogP contribution in [0.4, 0.5) is 28.8 Å². The van der Waals surface area contributed by atoms with Gasteiger partial charge in [-0.3, -0.25) is 10.1 Å². The topological polar surface area (TPSA) is 97.1 Å². The summed E-state index contributed by atoms with van der Waals surface area (Å²) in [4.78, 5) is 26.2. The highest BCUT2D eigenvalue weighted by Gasteiger charge is 2.29. The zero-order valence-electron chi connectivity index (χ0n) is 17.1. The smallest absolute Gasteiger partial charge is 0.334 e. The van der Waals surface area contributed by atoms with E-state index in [4.69, 9.17) is 11.6 Å². The maximum atomic E-state index is 12.2. The fraction of sp³-hybridized carbons (Fsp3) is 0.0870. The number of aromatic nitrogens is 3. The average molecular weight is 447 g/mol. The van der Waals surface area contributed by atoms with E-state index in [0.717, 1.165) is 11.1 Å². The summed E-state index contributed by atoms with van der Waals surface area (Å²) in [5, 5.41) is 15.8. The summed E-state index contributed by atoms with van der Waals surface area (Å²) < 4.78 is 0. The van der Waals surface area contributed by atoms with Crippen molar-refractivity contribution in [3.8, 4) is 0 Å². The molecule has 8 nitrogen and oxygen atoms in total. The quantitative estimate of drug-likeness (QED) is 0.282. The number of pyridine rings is 1. The largest absolute Gasteiger partial charge is 0.354 e. The van der Waals surface area contributed by atoms with Crippen molar-refractivity contribution in [1.82, 2.24) is 15.0 Å². The summed E-state index contributed by atoms with van der Waals surface area (Å²) in [7, 11) is 0. The Kier molecular flexibility index (Phi) is 6.23. The molecule has 0 atom stereocenters. The van der Waals surface area contributed by atoms with Crippen LogP contribution in [0, 0.1) is 17.0 Å². The van der Waals surface area contributed by atoms with Gasteiger partial charge in [-0.1, -0.05) is 48.0 Å². The van der Waals surface area contributed by atoms with Crippen molar-refractivity contribution in [1.29, 1.82) is 0 Å². The Labute approximate surface area is 189 Å². The molecule has 0 aliphatic rings. The lowest BCUT2D eigenvalue weighted by molar-refractivity contribution is -0.383. The minimum Gasteiger partial charge on any atom is -0.334 e. The van der Waals surface area contributed by atoms with Crippen LogP contribution in [-0.4, -0.2) is 19.9 Å². The number of anilines is 4. The highest BCUT2D eigenvalue weighted by molar-refractivity contribution is 6.30. The molecule has 4 rings (SSSR count). The molecule has 9 heteroatoms. The van der Waals surface area contributed by atoms with E-state index in [-0.39, 0.29) is 17.3 Å². The van der Waals surface area contributed by atoms with Gasteiger partial charge in [0.1, 0.15) is 12.1 Å². The zero-order valence-corrected chi connectivity index (χ0v) is 17.9. The summed E-state index contributed by atoms with van der Waals surface area (Å²) in [6.07, 6.45) is 2.94. The first-order valence-corrected chi connectivity index (χ1v) is 10.2. The van der Waals surface area contributed by atoms with Gasteiger partial charge in [0, 0.05) is 16.9 Å². The third-order valence-corrected chi connectivity index (χ3v) is 5.03. The van der Waals surface area contributed by atoms with Crippen LogP contribution in [0.5, 0.6) is 0 Å². The van der Waals surface area contributed by atoms with Crippen molar-refractivity contribution in [3.63, 3.8) is 0 Å². The van der Waals surface area contributed by atoms with Crippen molar-refractivity contribution in [2.24, 2.45) is 0 Å². The number of hydrogen-bond acceptors (Lipinski definition) is 7. The van der Waals surface area contributed by atoms with Crippen LogP contribution in [0.3, 0.4) is 0 Å². The third kappa shape index (κ3) is 4.65. The van der Waals surface area contributed by atoms with Gasteiger partial charge in [0.2, 0.25) is 11.6 Å². The average Bonchev–Trinajstić information content (AvgIpc) is 2.80. The van der Waals surface area contributed by atoms with Crippen LogP contribution in [0.1, 0.15) is 11.1 Å². The second-order valence-electron chi connectivity index (χ2n) is 7.00. The van der Waals surface area contributed by atoms with Crippen molar-refractivity contribution < 1.29 is 4.92 Å². The van der Waals surface area contributed by atoms with Gasteiger partial charge in [-0.05, 0) is 48.4 Å². The van der Waals surface area contributed by atoms with Crippen LogP contribution < -0.4 is 10.2 Å². The maximum absolute atomic E-state index is 12.2. The highest BCUT2D eigenvalue weighted by atomic mass is 35.5. The normalized spacial score (nSPS) is 10.6. The molecule has 0 bridgehead atoms. The monoisotopic (exact) mass is 446 g/mol. The number of benzene rings is 2. The lowest BCUT2D eigenvalue weighted by atomic mass is 10.2. The minimum absolute atomic E-state index is 0.0828. The van der Waals surface area contributed by atoms with Gasteiger partial charge in [-0.2, -0.15) is 0 Å². The molecule has 4 aromatic rings. The van der Waals surface area contributed by atoms with Crippen LogP contribution in [0.2, 0.25) is 5.02 Å². The zero-order chi connectivity index (χ0) is 22.5. The van der Waals surface area contributed by atoms with Gasteiger partial charge in [0.15, 0.2) is 0 Å². The Balaban J connectivity index is 1.82. The van der Waals surface area contributed by atoms with E-state index in [1.165, 1.54) is 6.33 Å². The first kappa shape index (κ1) is 21.2. The Morgan fingerprint density at radius 1 is 1.03 bits per heavy atom. The summed E-state index contributed by atoms with van der Waals surface area (Å²) >= 11 is 6.04. The van der Waals surface area contributed by atoms with E-state index in [9.17, 15) is 10.1 Å². The molecule has 0 spiro atoms. The molecule has 0 aliphatic carbocycles. The van der Waals surface area contributed by atoms with Crippen LogP contribution in [0.15, 0.2) is 79.3 Å². The molecule has 32 heavy (non-hydrogen) atoms. The molecule has 1 N–H and O–H groups in total. The van der Waals surface area contributed by atoms with Crippen LogP contribution in [-0.2, 0) is 6.54 Å². The summed E-state index contributed by atoms with van der Waals surface area (Å²) in [6, 6.07) is 20.3. The molecule has 0 saturated carbocycles. The van der Waals surface area contributed by atoms with Gasteiger partial charge < -0.3 is 10.2 Å². The van der Waals surface area contributed by atoms with Gasteiger partial charge in [0.25, 0.3) is 0 Å². The second kappa shape index (κ2) is 9.40. The standard InChI is InChI=1S/C23H19ClN6O2/c1-16-13-18(24)10-11-19(16)28-22-21(30(31)32)23(27-15-26-22)29(20-9-5-6-12-25-20)14-17-7-3-2-4-8-17/h2-13,15H,14H2,1H3,(H,26,27,28). The van der Waals surface area contributed by atoms with Gasteiger partial charge >= 0.3 is 5.69 Å². The van der Waals surface area contributed by atoms with E-state index in [1.807, 2.05) is 43.3 Å². The van der Waals surface area contributed by atoms with Crippen LogP contribution in [0.25, 0.3) is 0 Å². The first-order chi connectivity index (χ1) is 15.5. The van der Waals surface area contributed by atoms with Crippen molar-refractivity contribution in [2.45, 2.75) is 13.5 Å². The van der Waals surface area contributed by atoms with Crippen molar-refractivity contribution >= 4 is 40.4 Å². The summed E-state index contributed by atoms with van der Waals surface area (Å²) in [6.45, 7) is 2.20. The number of nitrogens with zero attached hydrogens (tertiary/aromatic N) is 5. The lowest BCUT2D eigenvalue weighted by Crippen LogP contribution is -2.21. The van der Waals surface area contributed by atoms with E-state index in [0.29, 0.717) is 23.1 Å². The molecule has 0 fully saturated rings. The van der Waals surface area contributed by atoms with Crippen LogP contribution >= 0.6 is 11.6 Å². The predicted molar refractivity (Wildman–Crippen MR) is 125 cm³/mol. The van der Waals surface area contributed by atoms with Crippen molar-refractivity contribution in [2.75, 3.05) is 10.2 Å². The highest BCUT2D eigenvalue weighted by Crippen LogP contribution is 2.37. The SMILES string of the molecule is Cc1cc(Cl)ccc1Nc1ncnc(N(Cc2ccccc2)c2ccccn2)c1[N+](=O)[O-]. The number of halogens is 1. The molecule has 0 radical (unpaired) electrons. The van der Waals surface area contributed by atoms with Gasteiger partial charge in [-0.15, -0.1) is 0 Å². The van der Waals surface area contributed by atoms with E-state index in [2.05, 4.69) is 20.3 Å². The van der Waals surface area contributed by atoms with E-state index >= 15 is 0 Å². The fourth-order valence-corrected chi connectivity index (χ4v) is 3.49. The Morgan fingerprint density at radius 3 is 2.50 bits per heavy atom. The molecule has 160 valence electrons. The molecule has 0 saturated heterocycles. The number of rotatable bonds is 7.